The fourth-order valence-corrected chi connectivity index (χ4v) is 3.42. The van der Waals surface area contributed by atoms with Crippen LogP contribution in [0.15, 0.2) is 18.2 Å². The molecule has 2 aliphatic rings. The van der Waals surface area contributed by atoms with Crippen molar-refractivity contribution in [2.24, 2.45) is 0 Å². The van der Waals surface area contributed by atoms with Crippen molar-refractivity contribution < 1.29 is 14.6 Å². The van der Waals surface area contributed by atoms with E-state index in [4.69, 9.17) is 9.47 Å². The molecule has 0 aromatic heterocycles. The van der Waals surface area contributed by atoms with E-state index in [0.717, 1.165) is 49.8 Å². The van der Waals surface area contributed by atoms with Gasteiger partial charge >= 0.3 is 0 Å². The van der Waals surface area contributed by atoms with Crippen molar-refractivity contribution in [2.75, 3.05) is 45.9 Å². The van der Waals surface area contributed by atoms with Crippen LogP contribution in [0.5, 0.6) is 11.5 Å². The number of likely N-dealkylation sites (N-methyl/N-ethyl adjacent to an activating group) is 1. The summed E-state index contributed by atoms with van der Waals surface area (Å²) in [6.07, 6.45) is -0.488. The highest BCUT2D eigenvalue weighted by atomic mass is 16.5. The van der Waals surface area contributed by atoms with E-state index in [2.05, 4.69) is 16.7 Å². The van der Waals surface area contributed by atoms with Crippen LogP contribution in [0.3, 0.4) is 0 Å². The lowest BCUT2D eigenvalue weighted by atomic mass is 9.95. The number of piperazine rings is 1. The maximum atomic E-state index is 10.5. The highest BCUT2D eigenvalue weighted by Gasteiger charge is 2.35. The third-order valence-corrected chi connectivity index (χ3v) is 4.63. The highest BCUT2D eigenvalue weighted by Crippen LogP contribution is 2.38. The Bertz CT molecular complexity index is 501. The third kappa shape index (κ3) is 3.07. The van der Waals surface area contributed by atoms with Gasteiger partial charge in [0.1, 0.15) is 24.2 Å². The van der Waals surface area contributed by atoms with E-state index in [1.165, 1.54) is 0 Å². The Morgan fingerprint density at radius 2 is 2.00 bits per heavy atom. The molecule has 0 spiro atoms. The fourth-order valence-electron chi connectivity index (χ4n) is 3.42. The molecule has 0 saturated carbocycles. The van der Waals surface area contributed by atoms with Gasteiger partial charge in [-0.15, -0.1) is 0 Å². The maximum absolute atomic E-state index is 10.5. The summed E-state index contributed by atoms with van der Waals surface area (Å²) in [6, 6.07) is 5.93. The van der Waals surface area contributed by atoms with Crippen LogP contribution in [0.25, 0.3) is 0 Å². The summed E-state index contributed by atoms with van der Waals surface area (Å²) < 4.78 is 11.3. The molecular formula is C17H26N2O3. The van der Waals surface area contributed by atoms with Gasteiger partial charge in [-0.2, -0.15) is 0 Å². The zero-order chi connectivity index (χ0) is 15.5. The molecule has 0 aliphatic carbocycles. The number of aliphatic hydroxyl groups is 1. The highest BCUT2D eigenvalue weighted by molar-refractivity contribution is 5.44. The molecule has 5 heteroatoms. The summed E-state index contributed by atoms with van der Waals surface area (Å²) in [6.45, 7) is 10.3. The average molecular weight is 306 g/mol. The molecule has 1 saturated heterocycles. The quantitative estimate of drug-likeness (QED) is 0.914. The maximum Gasteiger partial charge on any atom is 0.124 e. The number of ether oxygens (including phenoxy) is 2. The molecule has 3 rings (SSSR count). The summed E-state index contributed by atoms with van der Waals surface area (Å²) in [5, 5.41) is 10.5. The molecule has 0 bridgehead atoms. The molecule has 0 amide bonds. The molecule has 2 aliphatic heterocycles. The number of nitrogens with zero attached hydrogens (tertiary/aromatic N) is 2. The summed E-state index contributed by atoms with van der Waals surface area (Å²) in [4.78, 5) is 4.83. The van der Waals surface area contributed by atoms with E-state index < -0.39 is 6.10 Å². The minimum Gasteiger partial charge on any atom is -0.494 e. The number of benzene rings is 1. The van der Waals surface area contributed by atoms with E-state index in [1.807, 2.05) is 25.1 Å². The zero-order valence-electron chi connectivity index (χ0n) is 13.5. The van der Waals surface area contributed by atoms with Gasteiger partial charge in [0, 0.05) is 31.7 Å². The Balaban J connectivity index is 1.83. The van der Waals surface area contributed by atoms with Gasteiger partial charge in [0.05, 0.1) is 12.6 Å². The number of hydrogen-bond donors (Lipinski definition) is 1. The predicted octanol–water partition coefficient (Wildman–Crippen LogP) is 1.52. The first kappa shape index (κ1) is 15.6. The van der Waals surface area contributed by atoms with Crippen LogP contribution in [0, 0.1) is 0 Å². The number of hydrogen-bond acceptors (Lipinski definition) is 5. The number of aliphatic hydroxyl groups excluding tert-OH is 1. The molecule has 1 N–H and O–H groups in total. The van der Waals surface area contributed by atoms with Crippen molar-refractivity contribution in [2.45, 2.75) is 26.0 Å². The first-order chi connectivity index (χ1) is 10.7. The van der Waals surface area contributed by atoms with Crippen molar-refractivity contribution >= 4 is 0 Å². The zero-order valence-corrected chi connectivity index (χ0v) is 13.5. The van der Waals surface area contributed by atoms with E-state index in [1.54, 1.807) is 0 Å². The van der Waals surface area contributed by atoms with Crippen molar-refractivity contribution in [1.82, 2.24) is 9.80 Å². The molecule has 2 heterocycles. The Morgan fingerprint density at radius 3 is 2.68 bits per heavy atom. The van der Waals surface area contributed by atoms with Gasteiger partial charge in [-0.3, -0.25) is 4.90 Å². The van der Waals surface area contributed by atoms with E-state index in [0.29, 0.717) is 13.2 Å². The standard InChI is InChI=1S/C17H26N2O3/c1-3-18-7-9-19(10-8-18)17-14-11-13(21-4-2)5-6-16(14)22-12-15(17)20/h5-6,11,15,17,20H,3-4,7-10,12H2,1-2H3. The van der Waals surface area contributed by atoms with Crippen LogP contribution >= 0.6 is 0 Å². The Labute approximate surface area is 132 Å². The molecule has 2 atom stereocenters. The summed E-state index contributed by atoms with van der Waals surface area (Å²) >= 11 is 0. The third-order valence-electron chi connectivity index (χ3n) is 4.63. The lowest BCUT2D eigenvalue weighted by molar-refractivity contribution is -0.0175. The van der Waals surface area contributed by atoms with Crippen molar-refractivity contribution in [3.8, 4) is 11.5 Å². The van der Waals surface area contributed by atoms with Crippen LogP contribution in [-0.4, -0.2) is 66.9 Å². The molecule has 1 aromatic carbocycles. The van der Waals surface area contributed by atoms with Crippen LogP contribution < -0.4 is 9.47 Å². The van der Waals surface area contributed by atoms with Gasteiger partial charge in [-0.25, -0.2) is 0 Å². The van der Waals surface area contributed by atoms with Crippen molar-refractivity contribution in [1.29, 1.82) is 0 Å². The lowest BCUT2D eigenvalue weighted by Crippen LogP contribution is -2.51. The van der Waals surface area contributed by atoms with E-state index in [9.17, 15) is 5.11 Å². The summed E-state index contributed by atoms with van der Waals surface area (Å²) in [5.41, 5.74) is 1.05. The Morgan fingerprint density at radius 1 is 1.23 bits per heavy atom. The second-order valence-corrected chi connectivity index (χ2v) is 5.93. The molecular weight excluding hydrogens is 280 g/mol. The lowest BCUT2D eigenvalue weighted by Gasteiger charge is -2.43. The SMILES string of the molecule is CCOc1ccc2c(c1)C(N1CCN(CC)CC1)C(O)CO2. The molecule has 0 radical (unpaired) electrons. The van der Waals surface area contributed by atoms with Gasteiger partial charge < -0.3 is 19.5 Å². The van der Waals surface area contributed by atoms with Crippen LogP contribution in [-0.2, 0) is 0 Å². The van der Waals surface area contributed by atoms with Gasteiger partial charge in [0.15, 0.2) is 0 Å². The van der Waals surface area contributed by atoms with Crippen LogP contribution in [0.1, 0.15) is 25.5 Å². The van der Waals surface area contributed by atoms with E-state index in [-0.39, 0.29) is 6.04 Å². The van der Waals surface area contributed by atoms with Gasteiger partial charge in [-0.05, 0) is 31.7 Å². The van der Waals surface area contributed by atoms with Crippen molar-refractivity contribution in [3.05, 3.63) is 23.8 Å². The molecule has 2 unspecified atom stereocenters. The second-order valence-electron chi connectivity index (χ2n) is 5.93. The van der Waals surface area contributed by atoms with Gasteiger partial charge in [-0.1, -0.05) is 6.92 Å². The summed E-state index contributed by atoms with van der Waals surface area (Å²) in [7, 11) is 0. The minimum absolute atomic E-state index is 0.00293. The second kappa shape index (κ2) is 6.86. The number of fused-ring (bicyclic) bond motifs is 1. The normalized spacial score (nSPS) is 26.3. The van der Waals surface area contributed by atoms with E-state index >= 15 is 0 Å². The monoisotopic (exact) mass is 306 g/mol. The first-order valence-corrected chi connectivity index (χ1v) is 8.27. The largest absolute Gasteiger partial charge is 0.494 e. The predicted molar refractivity (Wildman–Crippen MR) is 85.5 cm³/mol. The fraction of sp³-hybridized carbons (Fsp3) is 0.647. The molecule has 5 nitrogen and oxygen atoms in total. The number of rotatable bonds is 4. The molecule has 1 aromatic rings. The molecule has 22 heavy (non-hydrogen) atoms. The van der Waals surface area contributed by atoms with Crippen LogP contribution in [0.4, 0.5) is 0 Å². The smallest absolute Gasteiger partial charge is 0.124 e. The van der Waals surface area contributed by atoms with Crippen molar-refractivity contribution in [3.63, 3.8) is 0 Å². The average Bonchev–Trinajstić information content (AvgIpc) is 2.55. The minimum atomic E-state index is -0.488. The first-order valence-electron chi connectivity index (χ1n) is 8.27. The molecule has 1 fully saturated rings. The Kier molecular flexibility index (Phi) is 4.86. The summed E-state index contributed by atoms with van der Waals surface area (Å²) in [5.74, 6) is 1.72. The van der Waals surface area contributed by atoms with Gasteiger partial charge in [0.25, 0.3) is 0 Å². The Hall–Kier alpha value is -1.30. The molecule has 122 valence electrons. The van der Waals surface area contributed by atoms with Crippen LogP contribution in [0.2, 0.25) is 0 Å². The topological polar surface area (TPSA) is 45.2 Å². The van der Waals surface area contributed by atoms with Gasteiger partial charge in [0.2, 0.25) is 0 Å².